The molecule has 0 aromatic heterocycles. The lowest BCUT2D eigenvalue weighted by Gasteiger charge is -2.19. The molecular weight excluding hydrogens is 1390 g/mol. The van der Waals surface area contributed by atoms with E-state index in [1.165, 1.54) is 314 Å². The molecule has 4 rings (SSSR count). The lowest BCUT2D eigenvalue weighted by Crippen LogP contribution is -2.12. The van der Waals surface area contributed by atoms with Crippen LogP contribution in [0.5, 0.6) is 46.0 Å². The molecule has 11 heteroatoms. The minimum atomic E-state index is -0.554. The number of carbonyl (C=O) groups is 3. The maximum Gasteiger partial charge on any atom is 0.343 e. The molecule has 112 heavy (non-hydrogen) atoms. The highest BCUT2D eigenvalue weighted by molar-refractivity contribution is 6.07. The van der Waals surface area contributed by atoms with Gasteiger partial charge in [0.1, 0.15) is 11.5 Å². The van der Waals surface area contributed by atoms with Gasteiger partial charge in [-0.15, -0.1) is 0 Å². The summed E-state index contributed by atoms with van der Waals surface area (Å²) >= 11 is 0. The van der Waals surface area contributed by atoms with Gasteiger partial charge in [0.05, 0.1) is 50.8 Å². The van der Waals surface area contributed by atoms with Gasteiger partial charge in [0.25, 0.3) is 0 Å². The van der Waals surface area contributed by atoms with Crippen molar-refractivity contribution in [2.75, 3.05) is 39.6 Å². The number of hydrogen-bond donors (Lipinski definition) is 0. The van der Waals surface area contributed by atoms with Crippen LogP contribution in [0.3, 0.4) is 0 Å². The zero-order valence-corrected chi connectivity index (χ0v) is 72.7. The lowest BCUT2D eigenvalue weighted by atomic mass is 10.1. The molecule has 634 valence electrons. The van der Waals surface area contributed by atoms with Crippen LogP contribution in [-0.2, 0) is 0 Å². The van der Waals surface area contributed by atoms with Gasteiger partial charge in [-0.25, -0.2) is 9.59 Å². The average molecular weight is 1550 g/mol. The number of allylic oxidation sites excluding steroid dienone is 1. The molecule has 0 saturated carbocycles. The maximum absolute atomic E-state index is 14.3. The zero-order chi connectivity index (χ0) is 79.9. The van der Waals surface area contributed by atoms with Crippen LogP contribution in [0.15, 0.2) is 78.9 Å². The van der Waals surface area contributed by atoms with E-state index in [0.717, 1.165) is 82.6 Å². The van der Waals surface area contributed by atoms with Crippen LogP contribution >= 0.6 is 0 Å². The summed E-state index contributed by atoms with van der Waals surface area (Å²) in [5.74, 6) is 2.53. The highest BCUT2D eigenvalue weighted by Gasteiger charge is 2.23. The molecule has 0 unspecified atom stereocenters. The second kappa shape index (κ2) is 70.4. The van der Waals surface area contributed by atoms with Crippen molar-refractivity contribution < 1.29 is 52.3 Å². The molecule has 11 nitrogen and oxygen atoms in total. The normalized spacial score (nSPS) is 11.4. The Kier molecular flexibility index (Phi) is 61.9. The first-order valence-corrected chi connectivity index (χ1v) is 47.2. The van der Waals surface area contributed by atoms with E-state index < -0.39 is 11.9 Å². The fourth-order valence-electron chi connectivity index (χ4n) is 14.7. The van der Waals surface area contributed by atoms with Gasteiger partial charge >= 0.3 is 11.9 Å². The quantitative estimate of drug-likeness (QED) is 0.0138. The zero-order valence-electron chi connectivity index (χ0n) is 72.7. The third-order valence-electron chi connectivity index (χ3n) is 21.9. The van der Waals surface area contributed by atoms with Gasteiger partial charge in [0.15, 0.2) is 28.8 Å². The van der Waals surface area contributed by atoms with Crippen molar-refractivity contribution in [3.05, 3.63) is 101 Å². The number of carbonyl (C=O) groups excluding carboxylic acids is 3. The first kappa shape index (κ1) is 98.4. The SMILES string of the molecule is CCCCCCCCCCCCOc1cc(C(=O)Oc2ccc(/C=C/C(=O)c3ccc(OC(=O)c4cc(OCCCCCCCCCCCC)c(OCCCCCCCCCCCC)c(OCCCCCCCCCCCC)c4)cc3)cc2)cc(OCCCCCCCCCCCC)c1OCCCCCCCCCCCC. The van der Waals surface area contributed by atoms with Crippen LogP contribution < -0.4 is 37.9 Å². The van der Waals surface area contributed by atoms with Gasteiger partial charge in [-0.2, -0.15) is 0 Å². The Morgan fingerprint density at radius 2 is 0.429 bits per heavy atom. The summed E-state index contributed by atoms with van der Waals surface area (Å²) < 4.78 is 51.8. The Balaban J connectivity index is 1.48. The maximum atomic E-state index is 14.3. The van der Waals surface area contributed by atoms with Crippen LogP contribution in [0.25, 0.3) is 6.08 Å². The minimum absolute atomic E-state index is 0.219. The molecule has 0 aliphatic rings. The van der Waals surface area contributed by atoms with Crippen LogP contribution in [0.2, 0.25) is 0 Å². The minimum Gasteiger partial charge on any atom is -0.490 e. The summed E-state index contributed by atoms with van der Waals surface area (Å²) in [7, 11) is 0. The highest BCUT2D eigenvalue weighted by Crippen LogP contribution is 2.42. The third-order valence-corrected chi connectivity index (χ3v) is 21.9. The molecule has 0 bridgehead atoms. The largest absolute Gasteiger partial charge is 0.490 e. The summed E-state index contributed by atoms with van der Waals surface area (Å²) in [4.78, 5) is 42.3. The standard InChI is InChI=1S/C101H164O11/c1-7-13-19-25-31-37-43-49-55-61-77-105-94-83-89(84-95(106-78-62-56-50-44-38-32-26-20-14-8-2)98(94)109-81-65-59-53-47-41-35-29-23-17-11-5)100(103)111-91-72-67-87(68-73-91)69-76-93(102)88-70-74-92(75-71-88)112-101(104)90-85-96(107-79-63-57-51-45-39-33-27-21-15-9-3)99(110-82-66-60-54-48-42-36-30-24-18-12-6)97(86-90)108-80-64-58-52-46-40-34-28-22-16-10-4/h67-76,83-86H,7-66,77-82H2,1-6H3/b76-69+. The van der Waals surface area contributed by atoms with Crippen molar-refractivity contribution in [2.24, 2.45) is 0 Å². The molecule has 4 aromatic rings. The van der Waals surface area contributed by atoms with Crippen molar-refractivity contribution in [2.45, 2.75) is 427 Å². The topological polar surface area (TPSA) is 125 Å². The highest BCUT2D eigenvalue weighted by atomic mass is 16.6. The van der Waals surface area contributed by atoms with Crippen LogP contribution in [0.4, 0.5) is 0 Å². The monoisotopic (exact) mass is 1550 g/mol. The van der Waals surface area contributed by atoms with E-state index in [0.29, 0.717) is 102 Å². The molecule has 0 saturated heterocycles. The molecule has 0 aliphatic heterocycles. The van der Waals surface area contributed by atoms with Crippen LogP contribution in [0.1, 0.15) is 463 Å². The summed E-state index contributed by atoms with van der Waals surface area (Å²) in [6, 6.07) is 20.8. The fraction of sp³-hybridized carbons (Fsp3) is 0.713. The second-order valence-electron chi connectivity index (χ2n) is 32.4. The average Bonchev–Trinajstić information content (AvgIpc) is 0.816. The van der Waals surface area contributed by atoms with Crippen molar-refractivity contribution in [3.63, 3.8) is 0 Å². The van der Waals surface area contributed by atoms with Gasteiger partial charge in [-0.05, 0) is 111 Å². The molecule has 0 fully saturated rings. The van der Waals surface area contributed by atoms with Crippen LogP contribution in [-0.4, -0.2) is 57.4 Å². The fourth-order valence-corrected chi connectivity index (χ4v) is 14.7. The second-order valence-corrected chi connectivity index (χ2v) is 32.4. The Labute approximate surface area is 685 Å². The Hall–Kier alpha value is -5.97. The smallest absolute Gasteiger partial charge is 0.343 e. The van der Waals surface area contributed by atoms with Crippen molar-refractivity contribution in [3.8, 4) is 46.0 Å². The number of unbranched alkanes of at least 4 members (excludes halogenated alkanes) is 54. The van der Waals surface area contributed by atoms with Gasteiger partial charge in [-0.1, -0.05) is 406 Å². The van der Waals surface area contributed by atoms with E-state index >= 15 is 0 Å². The lowest BCUT2D eigenvalue weighted by molar-refractivity contribution is 0.0724. The summed E-state index contributed by atoms with van der Waals surface area (Å²) in [5, 5.41) is 0. The molecule has 0 heterocycles. The van der Waals surface area contributed by atoms with Gasteiger partial charge in [-0.3, -0.25) is 4.79 Å². The molecule has 0 spiro atoms. The summed E-state index contributed by atoms with van der Waals surface area (Å²) in [5.41, 5.74) is 1.82. The number of esters is 2. The number of rotatable bonds is 79. The Morgan fingerprint density at radius 3 is 0.652 bits per heavy atom. The summed E-state index contributed by atoms with van der Waals surface area (Å²) in [6.07, 6.45) is 77.1. The van der Waals surface area contributed by atoms with E-state index in [1.54, 1.807) is 66.7 Å². The van der Waals surface area contributed by atoms with Crippen molar-refractivity contribution in [1.82, 2.24) is 0 Å². The molecule has 0 atom stereocenters. The van der Waals surface area contributed by atoms with Crippen molar-refractivity contribution >= 4 is 23.8 Å². The number of hydrogen-bond acceptors (Lipinski definition) is 11. The van der Waals surface area contributed by atoms with E-state index in [-0.39, 0.29) is 5.78 Å². The van der Waals surface area contributed by atoms with Gasteiger partial charge in [0, 0.05) is 5.56 Å². The predicted molar refractivity (Wildman–Crippen MR) is 473 cm³/mol. The molecule has 0 amide bonds. The van der Waals surface area contributed by atoms with E-state index in [4.69, 9.17) is 37.9 Å². The van der Waals surface area contributed by atoms with Crippen molar-refractivity contribution in [1.29, 1.82) is 0 Å². The number of ether oxygens (including phenoxy) is 8. The van der Waals surface area contributed by atoms with E-state index in [2.05, 4.69) is 41.5 Å². The molecule has 0 radical (unpaired) electrons. The van der Waals surface area contributed by atoms with Gasteiger partial charge in [0.2, 0.25) is 11.5 Å². The Bertz CT molecular complexity index is 2820. The number of benzene rings is 4. The molecule has 4 aromatic carbocycles. The van der Waals surface area contributed by atoms with Gasteiger partial charge < -0.3 is 37.9 Å². The molecule has 0 aliphatic carbocycles. The first-order chi connectivity index (χ1) is 55.2. The van der Waals surface area contributed by atoms with E-state index in [1.807, 2.05) is 12.1 Å². The molecular formula is C101H164O11. The summed E-state index contributed by atoms with van der Waals surface area (Å²) in [6.45, 7) is 16.7. The van der Waals surface area contributed by atoms with E-state index in [9.17, 15) is 14.4 Å². The Morgan fingerprint density at radius 1 is 0.232 bits per heavy atom. The third kappa shape index (κ3) is 49.7. The molecule has 0 N–H and O–H groups in total. The van der Waals surface area contributed by atoms with Crippen LogP contribution in [0, 0.1) is 0 Å². The number of ketones is 1. The first-order valence-electron chi connectivity index (χ1n) is 47.2. The predicted octanol–water partition coefficient (Wildman–Crippen LogP) is 31.8.